The second-order valence-corrected chi connectivity index (χ2v) is 6.13. The molecule has 0 bridgehead atoms. The average Bonchev–Trinajstić information content (AvgIpc) is 2.87. The summed E-state index contributed by atoms with van der Waals surface area (Å²) in [6.45, 7) is 7.21. The summed E-state index contributed by atoms with van der Waals surface area (Å²) in [5.41, 5.74) is 1.24. The van der Waals surface area contributed by atoms with Gasteiger partial charge in [0.05, 0.1) is 18.4 Å². The second-order valence-electron chi connectivity index (χ2n) is 6.13. The standard InChI is InChI=1S/C17H20N2O4/c1-11-10-19(16(21)23-17(2,3)4)14(18-11)12-6-8-13(9-7-12)15(20)22-5/h6-10H,1-5H3. The summed E-state index contributed by atoms with van der Waals surface area (Å²) in [7, 11) is 1.33. The number of aryl methyl sites for hydroxylation is 1. The highest BCUT2D eigenvalue weighted by Gasteiger charge is 2.21. The fraction of sp³-hybridized carbons (Fsp3) is 0.353. The van der Waals surface area contributed by atoms with Crippen molar-refractivity contribution in [1.29, 1.82) is 0 Å². The lowest BCUT2D eigenvalue weighted by Gasteiger charge is -2.20. The number of methoxy groups -OCH3 is 1. The van der Waals surface area contributed by atoms with Gasteiger partial charge in [-0.3, -0.25) is 0 Å². The highest BCUT2D eigenvalue weighted by atomic mass is 16.6. The quantitative estimate of drug-likeness (QED) is 0.794. The summed E-state index contributed by atoms with van der Waals surface area (Å²) in [5.74, 6) is 0.0522. The zero-order valence-electron chi connectivity index (χ0n) is 13.9. The van der Waals surface area contributed by atoms with Crippen LogP contribution in [0.3, 0.4) is 0 Å². The molecule has 1 aromatic heterocycles. The molecule has 0 amide bonds. The smallest absolute Gasteiger partial charge is 0.420 e. The number of hydrogen-bond acceptors (Lipinski definition) is 5. The van der Waals surface area contributed by atoms with Gasteiger partial charge in [-0.2, -0.15) is 0 Å². The van der Waals surface area contributed by atoms with Gasteiger partial charge in [-0.05, 0) is 39.8 Å². The molecule has 2 aromatic rings. The van der Waals surface area contributed by atoms with Gasteiger partial charge in [0.1, 0.15) is 11.4 Å². The summed E-state index contributed by atoms with van der Waals surface area (Å²) < 4.78 is 11.4. The molecule has 0 radical (unpaired) electrons. The monoisotopic (exact) mass is 316 g/mol. The third-order valence-corrected chi connectivity index (χ3v) is 2.98. The fourth-order valence-electron chi connectivity index (χ4n) is 2.02. The van der Waals surface area contributed by atoms with E-state index < -0.39 is 17.7 Å². The number of benzene rings is 1. The van der Waals surface area contributed by atoms with Crippen molar-refractivity contribution >= 4 is 12.1 Å². The lowest BCUT2D eigenvalue weighted by atomic mass is 10.1. The van der Waals surface area contributed by atoms with Crippen LogP contribution >= 0.6 is 0 Å². The molecular weight excluding hydrogens is 296 g/mol. The number of ether oxygens (including phenoxy) is 2. The van der Waals surface area contributed by atoms with E-state index in [2.05, 4.69) is 9.72 Å². The Morgan fingerprint density at radius 3 is 2.26 bits per heavy atom. The van der Waals surface area contributed by atoms with Crippen molar-refractivity contribution in [3.63, 3.8) is 0 Å². The maximum absolute atomic E-state index is 12.3. The van der Waals surface area contributed by atoms with Gasteiger partial charge in [-0.25, -0.2) is 19.1 Å². The molecule has 0 atom stereocenters. The third-order valence-electron chi connectivity index (χ3n) is 2.98. The first-order chi connectivity index (χ1) is 10.7. The maximum Gasteiger partial charge on any atom is 0.420 e. The third kappa shape index (κ3) is 3.97. The van der Waals surface area contributed by atoms with E-state index in [1.54, 1.807) is 58.2 Å². The van der Waals surface area contributed by atoms with Crippen molar-refractivity contribution < 1.29 is 19.1 Å². The summed E-state index contributed by atoms with van der Waals surface area (Å²) in [4.78, 5) is 28.2. The number of hydrogen-bond donors (Lipinski definition) is 0. The number of rotatable bonds is 2. The minimum atomic E-state index is -0.596. The van der Waals surface area contributed by atoms with E-state index in [0.29, 0.717) is 22.6 Å². The van der Waals surface area contributed by atoms with Gasteiger partial charge < -0.3 is 9.47 Å². The van der Waals surface area contributed by atoms with Crippen molar-refractivity contribution in [3.05, 3.63) is 41.7 Å². The first-order valence-corrected chi connectivity index (χ1v) is 7.19. The number of esters is 1. The van der Waals surface area contributed by atoms with Crippen LogP contribution in [0.4, 0.5) is 4.79 Å². The lowest BCUT2D eigenvalue weighted by molar-refractivity contribution is 0.0537. The van der Waals surface area contributed by atoms with Crippen molar-refractivity contribution in [3.8, 4) is 11.4 Å². The molecule has 1 aromatic carbocycles. The van der Waals surface area contributed by atoms with Crippen molar-refractivity contribution in [2.75, 3.05) is 7.11 Å². The Labute approximate surface area is 135 Å². The molecule has 0 spiro atoms. The average molecular weight is 316 g/mol. The summed E-state index contributed by atoms with van der Waals surface area (Å²) in [6.07, 6.45) is 1.13. The molecule has 0 fully saturated rings. The number of imidazole rings is 1. The number of carbonyl (C=O) groups is 2. The molecule has 0 N–H and O–H groups in total. The molecule has 0 aliphatic heterocycles. The van der Waals surface area contributed by atoms with E-state index in [1.807, 2.05) is 0 Å². The first-order valence-electron chi connectivity index (χ1n) is 7.19. The van der Waals surface area contributed by atoms with Crippen LogP contribution < -0.4 is 0 Å². The van der Waals surface area contributed by atoms with Gasteiger partial charge >= 0.3 is 12.1 Å². The van der Waals surface area contributed by atoms with Crippen LogP contribution in [0.15, 0.2) is 30.5 Å². The Morgan fingerprint density at radius 1 is 1.13 bits per heavy atom. The predicted octanol–water partition coefficient (Wildman–Crippen LogP) is 3.43. The largest absolute Gasteiger partial charge is 0.465 e. The number of nitrogens with zero attached hydrogens (tertiary/aromatic N) is 2. The van der Waals surface area contributed by atoms with Gasteiger partial charge in [0.25, 0.3) is 0 Å². The Kier molecular flexibility index (Phi) is 4.54. The molecule has 2 rings (SSSR count). The zero-order valence-corrected chi connectivity index (χ0v) is 13.9. The highest BCUT2D eigenvalue weighted by Crippen LogP contribution is 2.21. The highest BCUT2D eigenvalue weighted by molar-refractivity contribution is 5.90. The Morgan fingerprint density at radius 2 is 1.74 bits per heavy atom. The van der Waals surface area contributed by atoms with Crippen LogP contribution in [0, 0.1) is 6.92 Å². The summed E-state index contributed by atoms with van der Waals surface area (Å²) in [6, 6.07) is 6.69. The van der Waals surface area contributed by atoms with Crippen LogP contribution in [-0.4, -0.2) is 34.3 Å². The Balaban J connectivity index is 2.37. The van der Waals surface area contributed by atoms with Crippen LogP contribution in [-0.2, 0) is 9.47 Å². The van der Waals surface area contributed by atoms with E-state index >= 15 is 0 Å². The molecule has 0 unspecified atom stereocenters. The van der Waals surface area contributed by atoms with Gasteiger partial charge in [0.2, 0.25) is 0 Å². The van der Waals surface area contributed by atoms with Crippen LogP contribution in [0.25, 0.3) is 11.4 Å². The minimum absolute atomic E-state index is 0.414. The predicted molar refractivity (Wildman–Crippen MR) is 85.4 cm³/mol. The molecule has 0 aliphatic rings. The zero-order chi connectivity index (χ0) is 17.2. The lowest BCUT2D eigenvalue weighted by Crippen LogP contribution is -2.27. The maximum atomic E-state index is 12.3. The topological polar surface area (TPSA) is 70.4 Å². The van der Waals surface area contributed by atoms with Crippen LogP contribution in [0.1, 0.15) is 36.8 Å². The Hall–Kier alpha value is -2.63. The van der Waals surface area contributed by atoms with Crippen LogP contribution in [0.2, 0.25) is 0 Å². The van der Waals surface area contributed by atoms with Crippen molar-refractivity contribution in [1.82, 2.24) is 9.55 Å². The number of carbonyl (C=O) groups excluding carboxylic acids is 2. The van der Waals surface area contributed by atoms with E-state index in [4.69, 9.17) is 4.74 Å². The van der Waals surface area contributed by atoms with Crippen LogP contribution in [0.5, 0.6) is 0 Å². The van der Waals surface area contributed by atoms with Gasteiger partial charge in [-0.15, -0.1) is 0 Å². The van der Waals surface area contributed by atoms with E-state index in [9.17, 15) is 9.59 Å². The fourth-order valence-corrected chi connectivity index (χ4v) is 2.02. The molecular formula is C17H20N2O4. The Bertz CT molecular complexity index is 724. The molecule has 23 heavy (non-hydrogen) atoms. The minimum Gasteiger partial charge on any atom is -0.465 e. The molecule has 1 heterocycles. The van der Waals surface area contributed by atoms with E-state index in [1.165, 1.54) is 11.7 Å². The molecule has 0 saturated heterocycles. The van der Waals surface area contributed by atoms with E-state index in [-0.39, 0.29) is 0 Å². The van der Waals surface area contributed by atoms with Gasteiger partial charge in [0.15, 0.2) is 0 Å². The normalized spacial score (nSPS) is 11.2. The molecule has 6 nitrogen and oxygen atoms in total. The number of aromatic nitrogens is 2. The van der Waals surface area contributed by atoms with Crippen molar-refractivity contribution in [2.45, 2.75) is 33.3 Å². The molecule has 0 saturated carbocycles. The molecule has 6 heteroatoms. The van der Waals surface area contributed by atoms with E-state index in [0.717, 1.165) is 0 Å². The first kappa shape index (κ1) is 16.7. The molecule has 0 aliphatic carbocycles. The molecule has 122 valence electrons. The SMILES string of the molecule is COC(=O)c1ccc(-c2nc(C)cn2C(=O)OC(C)(C)C)cc1. The van der Waals surface area contributed by atoms with Gasteiger partial charge in [-0.1, -0.05) is 12.1 Å². The second kappa shape index (κ2) is 6.24. The van der Waals surface area contributed by atoms with Gasteiger partial charge in [0, 0.05) is 11.8 Å². The summed E-state index contributed by atoms with van der Waals surface area (Å²) >= 11 is 0. The van der Waals surface area contributed by atoms with Crippen molar-refractivity contribution in [2.24, 2.45) is 0 Å². The summed E-state index contributed by atoms with van der Waals surface area (Å²) in [5, 5.41) is 0.